The first-order valence-corrected chi connectivity index (χ1v) is 4.62. The zero-order valence-corrected chi connectivity index (χ0v) is 8.75. The number of rotatable bonds is 4. The zero-order valence-electron chi connectivity index (χ0n) is 7.17. The SMILES string of the molecule is O=C(O)COCc1ccc(F)cc1Br. The second kappa shape index (κ2) is 5.07. The number of carboxylic acids is 1. The standard InChI is InChI=1S/C9H8BrFO3/c10-8-3-7(11)2-1-6(8)4-14-5-9(12)13/h1-3H,4-5H2,(H,12,13). The van der Waals surface area contributed by atoms with Gasteiger partial charge < -0.3 is 9.84 Å². The van der Waals surface area contributed by atoms with Gasteiger partial charge in [0.25, 0.3) is 0 Å². The van der Waals surface area contributed by atoms with Gasteiger partial charge in [-0.2, -0.15) is 0 Å². The lowest BCUT2D eigenvalue weighted by Gasteiger charge is -2.04. The second-order valence-electron chi connectivity index (χ2n) is 2.62. The first-order valence-electron chi connectivity index (χ1n) is 3.83. The van der Waals surface area contributed by atoms with Gasteiger partial charge >= 0.3 is 5.97 Å². The van der Waals surface area contributed by atoms with Crippen molar-refractivity contribution in [3.05, 3.63) is 34.1 Å². The van der Waals surface area contributed by atoms with Crippen molar-refractivity contribution >= 4 is 21.9 Å². The summed E-state index contributed by atoms with van der Waals surface area (Å²) < 4.78 is 18.1. The normalized spacial score (nSPS) is 10.1. The van der Waals surface area contributed by atoms with Crippen LogP contribution in [0, 0.1) is 5.82 Å². The van der Waals surface area contributed by atoms with Crippen LogP contribution in [0.2, 0.25) is 0 Å². The number of hydrogen-bond acceptors (Lipinski definition) is 2. The fraction of sp³-hybridized carbons (Fsp3) is 0.222. The van der Waals surface area contributed by atoms with E-state index >= 15 is 0 Å². The third-order valence-electron chi connectivity index (χ3n) is 1.50. The van der Waals surface area contributed by atoms with Crippen molar-refractivity contribution in [1.29, 1.82) is 0 Å². The molecule has 1 rings (SSSR count). The molecule has 0 unspecified atom stereocenters. The minimum absolute atomic E-state index is 0.146. The number of halogens is 2. The molecule has 5 heteroatoms. The minimum atomic E-state index is -1.02. The van der Waals surface area contributed by atoms with Crippen LogP contribution < -0.4 is 0 Å². The van der Waals surface area contributed by atoms with Crippen molar-refractivity contribution in [2.45, 2.75) is 6.61 Å². The van der Waals surface area contributed by atoms with Crippen molar-refractivity contribution < 1.29 is 19.0 Å². The third kappa shape index (κ3) is 3.43. The first kappa shape index (κ1) is 11.1. The van der Waals surface area contributed by atoms with Crippen molar-refractivity contribution in [3.8, 4) is 0 Å². The summed E-state index contributed by atoms with van der Waals surface area (Å²) in [6, 6.07) is 4.14. The van der Waals surface area contributed by atoms with Gasteiger partial charge in [0.1, 0.15) is 12.4 Å². The lowest BCUT2D eigenvalue weighted by Crippen LogP contribution is -2.06. The molecule has 3 nitrogen and oxygen atoms in total. The molecule has 76 valence electrons. The van der Waals surface area contributed by atoms with E-state index < -0.39 is 5.97 Å². The van der Waals surface area contributed by atoms with Gasteiger partial charge in [0, 0.05) is 4.47 Å². The van der Waals surface area contributed by atoms with E-state index in [2.05, 4.69) is 15.9 Å². The number of ether oxygens (including phenoxy) is 1. The molecule has 0 aliphatic rings. The molecule has 0 saturated carbocycles. The monoisotopic (exact) mass is 262 g/mol. The Morgan fingerprint density at radius 2 is 2.29 bits per heavy atom. The van der Waals surface area contributed by atoms with E-state index in [0.717, 1.165) is 0 Å². The molecule has 1 aromatic carbocycles. The molecule has 0 bridgehead atoms. The number of hydrogen-bond donors (Lipinski definition) is 1. The maximum Gasteiger partial charge on any atom is 0.329 e. The first-order chi connectivity index (χ1) is 6.59. The fourth-order valence-corrected chi connectivity index (χ4v) is 1.35. The summed E-state index contributed by atoms with van der Waals surface area (Å²) in [6.07, 6.45) is 0. The number of carbonyl (C=O) groups is 1. The molecule has 0 aromatic heterocycles. The van der Waals surface area contributed by atoms with Crippen molar-refractivity contribution in [1.82, 2.24) is 0 Å². The third-order valence-corrected chi connectivity index (χ3v) is 2.24. The topological polar surface area (TPSA) is 46.5 Å². The zero-order chi connectivity index (χ0) is 10.6. The molecule has 0 heterocycles. The highest BCUT2D eigenvalue weighted by Gasteiger charge is 2.03. The minimum Gasteiger partial charge on any atom is -0.480 e. The number of carboxylic acid groups (broad SMARTS) is 1. The van der Waals surface area contributed by atoms with Gasteiger partial charge in [-0.3, -0.25) is 0 Å². The molecule has 14 heavy (non-hydrogen) atoms. The van der Waals surface area contributed by atoms with Crippen molar-refractivity contribution in [2.24, 2.45) is 0 Å². The molecule has 0 saturated heterocycles. The number of benzene rings is 1. The van der Waals surface area contributed by atoms with Crippen LogP contribution in [-0.2, 0) is 16.1 Å². The quantitative estimate of drug-likeness (QED) is 0.905. The largest absolute Gasteiger partial charge is 0.480 e. The highest BCUT2D eigenvalue weighted by Crippen LogP contribution is 2.18. The molecular weight excluding hydrogens is 255 g/mol. The maximum absolute atomic E-state index is 12.6. The Kier molecular flexibility index (Phi) is 4.03. The summed E-state index contributed by atoms with van der Waals surface area (Å²) in [5.41, 5.74) is 0.715. The van der Waals surface area contributed by atoms with Gasteiger partial charge in [0.2, 0.25) is 0 Å². The van der Waals surface area contributed by atoms with Crippen LogP contribution in [0.1, 0.15) is 5.56 Å². The lowest BCUT2D eigenvalue weighted by atomic mass is 10.2. The van der Waals surface area contributed by atoms with E-state index in [-0.39, 0.29) is 19.0 Å². The van der Waals surface area contributed by atoms with Gasteiger partial charge in [-0.25, -0.2) is 9.18 Å². The van der Waals surface area contributed by atoms with E-state index in [0.29, 0.717) is 10.0 Å². The molecule has 0 aliphatic heterocycles. The Hall–Kier alpha value is -0.940. The molecule has 1 N–H and O–H groups in total. The second-order valence-corrected chi connectivity index (χ2v) is 3.48. The average Bonchev–Trinajstić information content (AvgIpc) is 2.08. The van der Waals surface area contributed by atoms with Crippen LogP contribution >= 0.6 is 15.9 Å². The molecule has 0 fully saturated rings. The summed E-state index contributed by atoms with van der Waals surface area (Å²) in [5.74, 6) is -1.37. The van der Waals surface area contributed by atoms with E-state index in [1.54, 1.807) is 6.07 Å². The van der Waals surface area contributed by atoms with E-state index in [1.807, 2.05) is 0 Å². The van der Waals surface area contributed by atoms with Crippen LogP contribution in [0.3, 0.4) is 0 Å². The smallest absolute Gasteiger partial charge is 0.329 e. The molecule has 0 atom stereocenters. The van der Waals surface area contributed by atoms with Crippen LogP contribution in [0.25, 0.3) is 0 Å². The Morgan fingerprint density at radius 1 is 1.57 bits per heavy atom. The Balaban J connectivity index is 2.55. The van der Waals surface area contributed by atoms with Crippen LogP contribution in [-0.4, -0.2) is 17.7 Å². The van der Waals surface area contributed by atoms with Gasteiger partial charge in [0.15, 0.2) is 0 Å². The molecule has 0 spiro atoms. The highest BCUT2D eigenvalue weighted by atomic mass is 79.9. The van der Waals surface area contributed by atoms with Crippen molar-refractivity contribution in [3.63, 3.8) is 0 Å². The Morgan fingerprint density at radius 3 is 2.86 bits per heavy atom. The molecule has 1 aromatic rings. The summed E-state index contributed by atoms with van der Waals surface area (Å²) >= 11 is 3.15. The van der Waals surface area contributed by atoms with Gasteiger partial charge in [-0.1, -0.05) is 22.0 Å². The predicted molar refractivity (Wildman–Crippen MR) is 51.4 cm³/mol. The molecule has 0 radical (unpaired) electrons. The van der Waals surface area contributed by atoms with E-state index in [4.69, 9.17) is 9.84 Å². The van der Waals surface area contributed by atoms with Gasteiger partial charge in [-0.05, 0) is 17.7 Å². The van der Waals surface area contributed by atoms with Gasteiger partial charge in [0.05, 0.1) is 6.61 Å². The summed E-state index contributed by atoms with van der Waals surface area (Å²) in [7, 11) is 0. The average molecular weight is 263 g/mol. The molecule has 0 amide bonds. The van der Waals surface area contributed by atoms with Crippen molar-refractivity contribution in [2.75, 3.05) is 6.61 Å². The molecular formula is C9H8BrFO3. The van der Waals surface area contributed by atoms with E-state index in [9.17, 15) is 9.18 Å². The summed E-state index contributed by atoms with van der Waals surface area (Å²) in [5, 5.41) is 8.31. The Labute approximate surface area is 88.6 Å². The van der Waals surface area contributed by atoms with Crippen LogP contribution in [0.15, 0.2) is 22.7 Å². The molecule has 0 aliphatic carbocycles. The predicted octanol–water partition coefficient (Wildman–Crippen LogP) is 2.19. The highest BCUT2D eigenvalue weighted by molar-refractivity contribution is 9.10. The fourth-order valence-electron chi connectivity index (χ4n) is 0.887. The lowest BCUT2D eigenvalue weighted by molar-refractivity contribution is -0.142. The summed E-state index contributed by atoms with van der Waals surface area (Å²) in [4.78, 5) is 10.1. The van der Waals surface area contributed by atoms with E-state index in [1.165, 1.54) is 12.1 Å². The van der Waals surface area contributed by atoms with Gasteiger partial charge in [-0.15, -0.1) is 0 Å². The Bertz CT molecular complexity index is 341. The summed E-state index contributed by atoms with van der Waals surface area (Å²) in [6.45, 7) is -0.211. The van der Waals surface area contributed by atoms with Crippen LogP contribution in [0.5, 0.6) is 0 Å². The maximum atomic E-state index is 12.6. The number of aliphatic carboxylic acids is 1. The van der Waals surface area contributed by atoms with Crippen LogP contribution in [0.4, 0.5) is 4.39 Å².